The van der Waals surface area contributed by atoms with Gasteiger partial charge in [-0.05, 0) is 36.2 Å². The molecule has 5 rings (SSSR count). The number of likely N-dealkylation sites (N-methyl/N-ethyl adjacent to an activating group) is 1. The summed E-state index contributed by atoms with van der Waals surface area (Å²) in [6.45, 7) is 11.2. The number of hydrogen-bond acceptors (Lipinski definition) is 6. The number of aromatic nitrogens is 2. The van der Waals surface area contributed by atoms with Gasteiger partial charge in [0.2, 0.25) is 0 Å². The minimum Gasteiger partial charge on any atom is -0.363 e. The summed E-state index contributed by atoms with van der Waals surface area (Å²) in [4.78, 5) is 18.9. The maximum atomic E-state index is 4.86. The highest BCUT2D eigenvalue weighted by molar-refractivity contribution is 5.50. The van der Waals surface area contributed by atoms with Gasteiger partial charge in [-0.2, -0.15) is 0 Å². The lowest BCUT2D eigenvalue weighted by atomic mass is 10.0. The van der Waals surface area contributed by atoms with E-state index in [0.29, 0.717) is 0 Å². The minimum absolute atomic E-state index is 0.0218. The minimum atomic E-state index is -0.0218. The van der Waals surface area contributed by atoms with Crippen LogP contribution in [0.3, 0.4) is 0 Å². The van der Waals surface area contributed by atoms with Crippen LogP contribution in [-0.4, -0.2) is 52.5 Å². The van der Waals surface area contributed by atoms with Crippen LogP contribution in [0.5, 0.6) is 0 Å². The Kier molecular flexibility index (Phi) is 6.46. The second-order valence-electron chi connectivity index (χ2n) is 8.93. The maximum absolute atomic E-state index is 4.86. The summed E-state index contributed by atoms with van der Waals surface area (Å²) in [5, 5.41) is 4.53. The zero-order valence-electron chi connectivity index (χ0n) is 19.5. The molecule has 1 N–H and O–H groups in total. The summed E-state index contributed by atoms with van der Waals surface area (Å²) in [5.41, 5.74) is 4.53. The Labute approximate surface area is 195 Å². The standard InChI is InChI=1S/C27H32N6/c1-3-32-13-15-33(16-14-32)18-21-9-11-23(12-10-21)25-17-24-26(28-19-29-27(24)31-25)30-20(2)22-7-5-4-6-8-22/h4-12,17,19-20,25H,3,13-16,18H2,1-2H3,(H,28,29,30,31)/t20-,25-/m1/s1. The molecule has 2 atom stereocenters. The van der Waals surface area contributed by atoms with E-state index in [9.17, 15) is 0 Å². The van der Waals surface area contributed by atoms with Crippen LogP contribution in [0.4, 0.5) is 5.82 Å². The van der Waals surface area contributed by atoms with Gasteiger partial charge in [-0.1, -0.05) is 61.5 Å². The topological polar surface area (TPSA) is 56.6 Å². The van der Waals surface area contributed by atoms with E-state index in [0.717, 1.165) is 42.7 Å². The average Bonchev–Trinajstić information content (AvgIpc) is 3.31. The Hall–Kier alpha value is -3.09. The molecule has 0 spiro atoms. The number of anilines is 1. The van der Waals surface area contributed by atoms with Crippen molar-refractivity contribution in [2.24, 2.45) is 4.99 Å². The van der Waals surface area contributed by atoms with E-state index in [1.807, 2.05) is 6.07 Å². The fourth-order valence-electron chi connectivity index (χ4n) is 4.63. The lowest BCUT2D eigenvalue weighted by molar-refractivity contribution is 0.132. The van der Waals surface area contributed by atoms with Crippen molar-refractivity contribution in [1.29, 1.82) is 0 Å². The maximum Gasteiger partial charge on any atom is 0.160 e. The number of piperazine rings is 1. The summed E-state index contributed by atoms with van der Waals surface area (Å²) in [6, 6.07) is 19.4. The molecule has 0 aliphatic carbocycles. The SMILES string of the molecule is CCN1CCN(Cc2ccc([C@H]3C=c4c(N[C@H](C)c5ccccc5)ncnc4=N3)cc2)CC1. The number of rotatable bonds is 7. The number of nitrogens with zero attached hydrogens (tertiary/aromatic N) is 5. The van der Waals surface area contributed by atoms with E-state index in [2.05, 4.69) is 93.5 Å². The summed E-state index contributed by atoms with van der Waals surface area (Å²) in [7, 11) is 0. The molecule has 3 heterocycles. The molecule has 2 aliphatic heterocycles. The molecule has 1 aromatic heterocycles. The molecule has 33 heavy (non-hydrogen) atoms. The van der Waals surface area contributed by atoms with Gasteiger partial charge in [0.1, 0.15) is 12.1 Å². The monoisotopic (exact) mass is 440 g/mol. The first kappa shape index (κ1) is 21.7. The first-order chi connectivity index (χ1) is 16.2. The molecule has 1 fully saturated rings. The van der Waals surface area contributed by atoms with E-state index in [1.54, 1.807) is 6.33 Å². The Morgan fingerprint density at radius 2 is 1.67 bits per heavy atom. The van der Waals surface area contributed by atoms with Crippen molar-refractivity contribution < 1.29 is 0 Å². The van der Waals surface area contributed by atoms with Gasteiger partial charge < -0.3 is 10.2 Å². The van der Waals surface area contributed by atoms with E-state index < -0.39 is 0 Å². The summed E-state index contributed by atoms with van der Waals surface area (Å²) >= 11 is 0. The lowest BCUT2D eigenvalue weighted by Crippen LogP contribution is -2.45. The molecule has 3 aromatic rings. The van der Waals surface area contributed by atoms with Crippen molar-refractivity contribution in [1.82, 2.24) is 19.8 Å². The van der Waals surface area contributed by atoms with Gasteiger partial charge in [-0.15, -0.1) is 0 Å². The van der Waals surface area contributed by atoms with Gasteiger partial charge in [0.15, 0.2) is 5.49 Å². The molecule has 2 aromatic carbocycles. The molecule has 1 saturated heterocycles. The van der Waals surface area contributed by atoms with Gasteiger partial charge in [0.05, 0.1) is 11.3 Å². The van der Waals surface area contributed by atoms with Crippen LogP contribution in [0, 0.1) is 0 Å². The second kappa shape index (κ2) is 9.81. The van der Waals surface area contributed by atoms with Crippen molar-refractivity contribution in [3.05, 3.63) is 88.3 Å². The largest absolute Gasteiger partial charge is 0.363 e. The normalized spacial score (nSPS) is 19.4. The molecule has 0 radical (unpaired) electrons. The third-order valence-corrected chi connectivity index (χ3v) is 6.74. The van der Waals surface area contributed by atoms with Crippen LogP contribution < -0.4 is 16.0 Å². The first-order valence-corrected chi connectivity index (χ1v) is 12.0. The highest BCUT2D eigenvalue weighted by Crippen LogP contribution is 2.22. The molecule has 170 valence electrons. The van der Waals surface area contributed by atoms with Crippen LogP contribution in [0.2, 0.25) is 0 Å². The number of nitrogens with one attached hydrogen (secondary N) is 1. The van der Waals surface area contributed by atoms with Crippen LogP contribution >= 0.6 is 0 Å². The van der Waals surface area contributed by atoms with E-state index in [4.69, 9.17) is 4.99 Å². The van der Waals surface area contributed by atoms with E-state index in [-0.39, 0.29) is 12.1 Å². The van der Waals surface area contributed by atoms with E-state index in [1.165, 1.54) is 29.8 Å². The summed E-state index contributed by atoms with van der Waals surface area (Å²) < 4.78 is 0. The van der Waals surface area contributed by atoms with Gasteiger partial charge in [-0.3, -0.25) is 9.89 Å². The smallest absolute Gasteiger partial charge is 0.160 e. The number of benzene rings is 2. The quantitative estimate of drug-likeness (QED) is 0.612. The lowest BCUT2D eigenvalue weighted by Gasteiger charge is -2.34. The third-order valence-electron chi connectivity index (χ3n) is 6.74. The highest BCUT2D eigenvalue weighted by Gasteiger charge is 2.18. The molecule has 0 unspecified atom stereocenters. The third kappa shape index (κ3) is 4.97. The summed E-state index contributed by atoms with van der Waals surface area (Å²) in [5.74, 6) is 0.838. The van der Waals surface area contributed by atoms with Crippen molar-refractivity contribution in [3.63, 3.8) is 0 Å². The van der Waals surface area contributed by atoms with Crippen molar-refractivity contribution in [3.8, 4) is 0 Å². The second-order valence-corrected chi connectivity index (χ2v) is 8.93. The zero-order valence-corrected chi connectivity index (χ0v) is 19.5. The van der Waals surface area contributed by atoms with Crippen molar-refractivity contribution in [2.75, 3.05) is 38.0 Å². The Morgan fingerprint density at radius 3 is 2.39 bits per heavy atom. The molecule has 0 bridgehead atoms. The van der Waals surface area contributed by atoms with Crippen molar-refractivity contribution >= 4 is 11.9 Å². The average molecular weight is 441 g/mol. The van der Waals surface area contributed by atoms with Crippen molar-refractivity contribution in [2.45, 2.75) is 32.5 Å². The fraction of sp³-hybridized carbons (Fsp3) is 0.370. The summed E-state index contributed by atoms with van der Waals surface area (Å²) in [6.07, 6.45) is 3.77. The Bertz CT molecular complexity index is 1180. The predicted molar refractivity (Wildman–Crippen MR) is 132 cm³/mol. The molecule has 2 aliphatic rings. The van der Waals surface area contributed by atoms with Crippen LogP contribution in [0.15, 0.2) is 65.9 Å². The predicted octanol–water partition coefficient (Wildman–Crippen LogP) is 2.94. The number of fused-ring (bicyclic) bond motifs is 1. The fourth-order valence-corrected chi connectivity index (χ4v) is 4.63. The Morgan fingerprint density at radius 1 is 0.939 bits per heavy atom. The van der Waals surface area contributed by atoms with E-state index >= 15 is 0 Å². The van der Waals surface area contributed by atoms with Gasteiger partial charge in [-0.25, -0.2) is 9.97 Å². The molecular formula is C27H32N6. The number of hydrogen-bond donors (Lipinski definition) is 1. The molecular weight excluding hydrogens is 408 g/mol. The molecule has 0 saturated carbocycles. The van der Waals surface area contributed by atoms with Crippen LogP contribution in [0.1, 0.15) is 42.6 Å². The van der Waals surface area contributed by atoms with Gasteiger partial charge in [0.25, 0.3) is 0 Å². The molecule has 6 nitrogen and oxygen atoms in total. The van der Waals surface area contributed by atoms with Gasteiger partial charge in [0, 0.05) is 38.8 Å². The first-order valence-electron chi connectivity index (χ1n) is 12.0. The Balaban J connectivity index is 1.28. The van der Waals surface area contributed by atoms with Crippen LogP contribution in [-0.2, 0) is 6.54 Å². The molecule has 6 heteroatoms. The van der Waals surface area contributed by atoms with Crippen LogP contribution in [0.25, 0.3) is 6.08 Å². The zero-order chi connectivity index (χ0) is 22.6. The van der Waals surface area contributed by atoms with Gasteiger partial charge >= 0.3 is 0 Å². The molecule has 0 amide bonds. The highest BCUT2D eigenvalue weighted by atomic mass is 15.3.